The Hall–Kier alpha value is -3.69. The normalized spacial score (nSPS) is 15.8. The molecule has 1 atom stereocenters. The Balaban J connectivity index is 1.68. The number of alkyl halides is 3. The van der Waals surface area contributed by atoms with E-state index in [4.69, 9.17) is 0 Å². The third-order valence-corrected chi connectivity index (χ3v) is 4.88. The number of aromatic nitrogens is 2. The molecule has 0 fully saturated rings. The summed E-state index contributed by atoms with van der Waals surface area (Å²) in [6.07, 6.45) is -3.28. The van der Waals surface area contributed by atoms with E-state index in [9.17, 15) is 27.6 Å². The minimum atomic E-state index is -5.01. The number of rotatable bonds is 3. The molecular weight excluding hydrogens is 401 g/mol. The van der Waals surface area contributed by atoms with E-state index < -0.39 is 29.6 Å². The SMILES string of the molecule is O=C(c1ccc2cc[nH]c(=O)c2n1)N1c2ccccc2CC1CNC(=O)C(F)(F)F. The van der Waals surface area contributed by atoms with Gasteiger partial charge in [-0.05, 0) is 30.2 Å². The second-order valence-electron chi connectivity index (χ2n) is 6.81. The number of para-hydroxylation sites is 1. The molecule has 7 nitrogen and oxygen atoms in total. The molecule has 1 aromatic carbocycles. The zero-order valence-corrected chi connectivity index (χ0v) is 15.4. The van der Waals surface area contributed by atoms with Crippen molar-refractivity contribution in [2.75, 3.05) is 11.4 Å². The van der Waals surface area contributed by atoms with E-state index in [0.717, 1.165) is 5.56 Å². The van der Waals surface area contributed by atoms with Crippen LogP contribution in [-0.2, 0) is 11.2 Å². The molecule has 1 unspecified atom stereocenters. The van der Waals surface area contributed by atoms with Gasteiger partial charge in [-0.2, -0.15) is 13.2 Å². The van der Waals surface area contributed by atoms with Crippen LogP contribution in [0.15, 0.2) is 53.5 Å². The first-order valence-electron chi connectivity index (χ1n) is 9.00. The van der Waals surface area contributed by atoms with Gasteiger partial charge in [-0.1, -0.05) is 24.3 Å². The number of carbonyl (C=O) groups excluding carboxylic acids is 2. The number of halogens is 3. The predicted octanol–water partition coefficient (Wildman–Crippen LogP) is 2.17. The summed E-state index contributed by atoms with van der Waals surface area (Å²) in [5.74, 6) is -2.64. The topological polar surface area (TPSA) is 95.2 Å². The minimum Gasteiger partial charge on any atom is -0.346 e. The number of hydrogen-bond donors (Lipinski definition) is 2. The molecule has 2 N–H and O–H groups in total. The van der Waals surface area contributed by atoms with Crippen molar-refractivity contribution >= 4 is 28.4 Å². The zero-order chi connectivity index (χ0) is 21.5. The third-order valence-electron chi connectivity index (χ3n) is 4.88. The van der Waals surface area contributed by atoms with Gasteiger partial charge < -0.3 is 15.2 Å². The molecule has 2 amide bonds. The molecule has 4 rings (SSSR count). The largest absolute Gasteiger partial charge is 0.471 e. The van der Waals surface area contributed by atoms with Crippen molar-refractivity contribution in [3.63, 3.8) is 0 Å². The van der Waals surface area contributed by atoms with Gasteiger partial charge in [0, 0.05) is 23.8 Å². The van der Waals surface area contributed by atoms with Crippen LogP contribution in [0, 0.1) is 0 Å². The number of fused-ring (bicyclic) bond motifs is 2. The summed E-state index contributed by atoms with van der Waals surface area (Å²) in [4.78, 5) is 44.4. The number of aromatic amines is 1. The van der Waals surface area contributed by atoms with E-state index in [0.29, 0.717) is 11.1 Å². The molecule has 0 radical (unpaired) electrons. The smallest absolute Gasteiger partial charge is 0.346 e. The van der Waals surface area contributed by atoms with Crippen molar-refractivity contribution in [3.8, 4) is 0 Å². The summed E-state index contributed by atoms with van der Waals surface area (Å²) >= 11 is 0. The fourth-order valence-corrected chi connectivity index (χ4v) is 3.51. The number of H-pyrrole nitrogens is 1. The van der Waals surface area contributed by atoms with Gasteiger partial charge in [-0.15, -0.1) is 0 Å². The number of carbonyl (C=O) groups is 2. The Bertz CT molecular complexity index is 1210. The highest BCUT2D eigenvalue weighted by Gasteiger charge is 2.40. The highest BCUT2D eigenvalue weighted by Crippen LogP contribution is 2.33. The number of pyridine rings is 2. The van der Waals surface area contributed by atoms with E-state index in [2.05, 4.69) is 9.97 Å². The van der Waals surface area contributed by atoms with Crippen LogP contribution in [-0.4, -0.2) is 40.5 Å². The molecule has 0 aliphatic carbocycles. The van der Waals surface area contributed by atoms with Crippen molar-refractivity contribution in [2.24, 2.45) is 0 Å². The van der Waals surface area contributed by atoms with Crippen LogP contribution >= 0.6 is 0 Å². The lowest BCUT2D eigenvalue weighted by atomic mass is 10.1. The Morgan fingerprint density at radius 1 is 1.17 bits per heavy atom. The van der Waals surface area contributed by atoms with Crippen LogP contribution in [0.1, 0.15) is 16.1 Å². The van der Waals surface area contributed by atoms with Crippen molar-refractivity contribution in [1.82, 2.24) is 15.3 Å². The fraction of sp³-hybridized carbons (Fsp3) is 0.200. The van der Waals surface area contributed by atoms with E-state index in [1.807, 2.05) is 5.32 Å². The quantitative estimate of drug-likeness (QED) is 0.684. The molecule has 0 saturated carbocycles. The van der Waals surface area contributed by atoms with Gasteiger partial charge in [-0.3, -0.25) is 14.4 Å². The highest BCUT2D eigenvalue weighted by atomic mass is 19.4. The number of anilines is 1. The first-order valence-corrected chi connectivity index (χ1v) is 9.00. The molecule has 154 valence electrons. The van der Waals surface area contributed by atoms with E-state index in [1.54, 1.807) is 36.4 Å². The first kappa shape index (κ1) is 19.6. The highest BCUT2D eigenvalue weighted by molar-refractivity contribution is 6.07. The number of hydrogen-bond acceptors (Lipinski definition) is 4. The maximum Gasteiger partial charge on any atom is 0.471 e. The van der Waals surface area contributed by atoms with Crippen LogP contribution in [0.2, 0.25) is 0 Å². The van der Waals surface area contributed by atoms with Crippen LogP contribution < -0.4 is 15.8 Å². The van der Waals surface area contributed by atoms with E-state index >= 15 is 0 Å². The molecule has 0 spiro atoms. The molecule has 1 aliphatic heterocycles. The molecule has 1 aliphatic rings. The van der Waals surface area contributed by atoms with E-state index in [1.165, 1.54) is 17.2 Å². The van der Waals surface area contributed by atoms with Crippen molar-refractivity contribution in [2.45, 2.75) is 18.6 Å². The van der Waals surface area contributed by atoms with Crippen molar-refractivity contribution in [1.29, 1.82) is 0 Å². The van der Waals surface area contributed by atoms with Crippen LogP contribution in [0.4, 0.5) is 18.9 Å². The Kier molecular flexibility index (Phi) is 4.76. The summed E-state index contributed by atoms with van der Waals surface area (Å²) in [5, 5.41) is 2.39. The third kappa shape index (κ3) is 3.51. The zero-order valence-electron chi connectivity index (χ0n) is 15.4. The Morgan fingerprint density at radius 2 is 1.93 bits per heavy atom. The molecule has 3 heterocycles. The monoisotopic (exact) mass is 416 g/mol. The number of nitrogens with one attached hydrogen (secondary N) is 2. The maximum absolute atomic E-state index is 13.2. The number of nitrogens with zero attached hydrogens (tertiary/aromatic N) is 2. The van der Waals surface area contributed by atoms with Gasteiger partial charge in [0.15, 0.2) is 0 Å². The summed E-state index contributed by atoms with van der Waals surface area (Å²) in [6.45, 7) is -0.382. The van der Waals surface area contributed by atoms with E-state index in [-0.39, 0.29) is 24.2 Å². The molecular formula is C20H15F3N4O3. The summed E-state index contributed by atoms with van der Waals surface area (Å²) in [6, 6.07) is 10.8. The minimum absolute atomic E-state index is 0.0250. The second kappa shape index (κ2) is 7.29. The summed E-state index contributed by atoms with van der Waals surface area (Å²) in [5.41, 5.74) is 0.882. The Morgan fingerprint density at radius 3 is 2.70 bits per heavy atom. The molecule has 0 bridgehead atoms. The van der Waals surface area contributed by atoms with Gasteiger partial charge in [0.25, 0.3) is 11.5 Å². The lowest BCUT2D eigenvalue weighted by Gasteiger charge is -2.26. The summed E-state index contributed by atoms with van der Waals surface area (Å²) in [7, 11) is 0. The lowest BCUT2D eigenvalue weighted by molar-refractivity contribution is -0.173. The van der Waals surface area contributed by atoms with Crippen LogP contribution in [0.3, 0.4) is 0 Å². The maximum atomic E-state index is 13.2. The number of benzene rings is 1. The van der Waals surface area contributed by atoms with Gasteiger partial charge >= 0.3 is 12.1 Å². The van der Waals surface area contributed by atoms with Gasteiger partial charge in [0.1, 0.15) is 11.2 Å². The molecule has 0 saturated heterocycles. The van der Waals surface area contributed by atoms with Crippen molar-refractivity contribution in [3.05, 3.63) is 70.3 Å². The standard InChI is InChI=1S/C20H15F3N4O3/c21-20(22,23)19(30)25-10-13-9-12-3-1-2-4-15(12)27(13)18(29)14-6-5-11-7-8-24-17(28)16(11)26-14/h1-8,13H,9-10H2,(H,24,28)(H,25,30). The van der Waals surface area contributed by atoms with Crippen LogP contribution in [0.25, 0.3) is 10.9 Å². The lowest BCUT2D eigenvalue weighted by Crippen LogP contribution is -2.48. The molecule has 2 aromatic heterocycles. The van der Waals surface area contributed by atoms with Gasteiger partial charge in [0.2, 0.25) is 0 Å². The predicted molar refractivity (Wildman–Crippen MR) is 102 cm³/mol. The average molecular weight is 416 g/mol. The average Bonchev–Trinajstić information content (AvgIpc) is 3.09. The second-order valence-corrected chi connectivity index (χ2v) is 6.81. The fourth-order valence-electron chi connectivity index (χ4n) is 3.51. The molecule has 10 heteroatoms. The summed E-state index contributed by atoms with van der Waals surface area (Å²) < 4.78 is 37.7. The Labute approximate surface area is 167 Å². The molecule has 30 heavy (non-hydrogen) atoms. The number of amides is 2. The molecule has 3 aromatic rings. The first-order chi connectivity index (χ1) is 14.3. The van der Waals surface area contributed by atoms with Gasteiger partial charge in [-0.25, -0.2) is 4.98 Å². The van der Waals surface area contributed by atoms with Crippen molar-refractivity contribution < 1.29 is 22.8 Å². The van der Waals surface area contributed by atoms with Gasteiger partial charge in [0.05, 0.1) is 6.04 Å². The van der Waals surface area contributed by atoms with Crippen LogP contribution in [0.5, 0.6) is 0 Å².